The van der Waals surface area contributed by atoms with Crippen LogP contribution in [-0.4, -0.2) is 27.8 Å². The average Bonchev–Trinajstić information content (AvgIpc) is 2.67. The lowest BCUT2D eigenvalue weighted by molar-refractivity contribution is -0.137. The third-order valence-corrected chi connectivity index (χ3v) is 5.57. The number of nitrogens with one attached hydrogen (secondary N) is 1. The van der Waals surface area contributed by atoms with Gasteiger partial charge in [-0.25, -0.2) is 13.8 Å². The van der Waals surface area contributed by atoms with E-state index < -0.39 is 52.0 Å². The van der Waals surface area contributed by atoms with E-state index >= 15 is 0 Å². The minimum Gasteiger partial charge on any atom is -0.387 e. The molecule has 0 radical (unpaired) electrons. The van der Waals surface area contributed by atoms with Crippen LogP contribution in [-0.2, 0) is 6.18 Å². The van der Waals surface area contributed by atoms with Gasteiger partial charge in [-0.2, -0.15) is 13.2 Å². The molecule has 3 rings (SSSR count). The minimum atomic E-state index is -4.80. The first kappa shape index (κ1) is 22.4. The summed E-state index contributed by atoms with van der Waals surface area (Å²) in [5.41, 5.74) is -3.36. The van der Waals surface area contributed by atoms with E-state index in [1.54, 1.807) is 0 Å². The van der Waals surface area contributed by atoms with Crippen molar-refractivity contribution in [3.05, 3.63) is 64.2 Å². The van der Waals surface area contributed by atoms with E-state index in [2.05, 4.69) is 10.3 Å². The van der Waals surface area contributed by atoms with Gasteiger partial charge in [0, 0.05) is 6.20 Å². The topological polar surface area (TPSA) is 62.2 Å². The van der Waals surface area contributed by atoms with E-state index in [1.165, 1.54) is 12.1 Å². The summed E-state index contributed by atoms with van der Waals surface area (Å²) in [7, 11) is 0. The molecule has 1 aliphatic carbocycles. The van der Waals surface area contributed by atoms with E-state index in [4.69, 9.17) is 11.6 Å². The zero-order valence-corrected chi connectivity index (χ0v) is 16.3. The Bertz CT molecular complexity index is 930. The molecule has 0 aliphatic heterocycles. The summed E-state index contributed by atoms with van der Waals surface area (Å²) in [5, 5.41) is 12.6. The van der Waals surface area contributed by atoms with Gasteiger partial charge in [0.2, 0.25) is 0 Å². The van der Waals surface area contributed by atoms with Crippen molar-refractivity contribution in [2.75, 3.05) is 0 Å². The van der Waals surface area contributed by atoms with Crippen LogP contribution in [0.25, 0.3) is 0 Å². The van der Waals surface area contributed by atoms with Gasteiger partial charge in [-0.1, -0.05) is 23.7 Å². The molecular weight excluding hydrogens is 431 g/mol. The van der Waals surface area contributed by atoms with Gasteiger partial charge in [0.25, 0.3) is 5.91 Å². The van der Waals surface area contributed by atoms with Crippen LogP contribution in [0.5, 0.6) is 0 Å². The number of hydrogen-bond acceptors (Lipinski definition) is 3. The Labute approximate surface area is 174 Å². The molecular formula is C20H18ClF5N2O2. The lowest BCUT2D eigenvalue weighted by Gasteiger charge is -2.40. The molecule has 1 fully saturated rings. The van der Waals surface area contributed by atoms with Crippen LogP contribution in [0, 0.1) is 5.82 Å². The summed E-state index contributed by atoms with van der Waals surface area (Å²) in [5.74, 6) is -1.71. The van der Waals surface area contributed by atoms with Crippen molar-refractivity contribution in [1.82, 2.24) is 10.3 Å². The predicted octanol–water partition coefficient (Wildman–Crippen LogP) is 5.01. The molecule has 0 spiro atoms. The maximum atomic E-state index is 13.8. The SMILES string of the molecule is O=C(NC(c1cccc(F)c1)C1(O)CCC(F)CC1)c1nccc(C(F)(F)F)c1Cl. The highest BCUT2D eigenvalue weighted by molar-refractivity contribution is 6.34. The second-order valence-electron chi connectivity index (χ2n) is 7.26. The minimum absolute atomic E-state index is 0.0284. The Balaban J connectivity index is 1.97. The number of nitrogens with zero attached hydrogens (tertiary/aromatic N) is 1. The van der Waals surface area contributed by atoms with Gasteiger partial charge < -0.3 is 10.4 Å². The number of amides is 1. The van der Waals surface area contributed by atoms with Crippen LogP contribution in [0.15, 0.2) is 36.5 Å². The normalized spacial score (nSPS) is 23.1. The molecule has 4 nitrogen and oxygen atoms in total. The van der Waals surface area contributed by atoms with E-state index in [0.29, 0.717) is 6.07 Å². The zero-order valence-electron chi connectivity index (χ0n) is 15.5. The van der Waals surface area contributed by atoms with Gasteiger partial charge in [0.15, 0.2) is 0 Å². The molecule has 162 valence electrons. The van der Waals surface area contributed by atoms with Crippen molar-refractivity contribution < 1.29 is 31.9 Å². The molecule has 1 aliphatic rings. The van der Waals surface area contributed by atoms with Crippen LogP contribution in [0.3, 0.4) is 0 Å². The first-order chi connectivity index (χ1) is 14.0. The van der Waals surface area contributed by atoms with Crippen LogP contribution < -0.4 is 5.32 Å². The number of alkyl halides is 4. The Morgan fingerprint density at radius 1 is 1.27 bits per heavy atom. The number of halogens is 6. The molecule has 1 atom stereocenters. The molecule has 1 aromatic heterocycles. The standard InChI is InChI=1S/C20H18ClF5N2O2/c21-15-14(20(24,25)26)6-9-27-16(15)18(29)28-17(11-2-1-3-13(23)10-11)19(30)7-4-12(22)5-8-19/h1-3,6,9-10,12,17,30H,4-5,7-8H2,(H,28,29). The van der Waals surface area contributed by atoms with Crippen molar-refractivity contribution in [2.45, 2.75) is 49.7 Å². The largest absolute Gasteiger partial charge is 0.417 e. The number of pyridine rings is 1. The van der Waals surface area contributed by atoms with Gasteiger partial charge >= 0.3 is 6.18 Å². The van der Waals surface area contributed by atoms with E-state index in [-0.39, 0.29) is 31.2 Å². The number of aromatic nitrogens is 1. The smallest absolute Gasteiger partial charge is 0.387 e. The predicted molar refractivity (Wildman–Crippen MR) is 99.2 cm³/mol. The van der Waals surface area contributed by atoms with E-state index in [0.717, 1.165) is 18.3 Å². The fourth-order valence-corrected chi connectivity index (χ4v) is 3.91. The lowest BCUT2D eigenvalue weighted by Crippen LogP contribution is -2.48. The van der Waals surface area contributed by atoms with Crippen molar-refractivity contribution in [3.63, 3.8) is 0 Å². The highest BCUT2D eigenvalue weighted by Gasteiger charge is 2.43. The molecule has 1 aromatic carbocycles. The first-order valence-electron chi connectivity index (χ1n) is 9.16. The molecule has 0 bridgehead atoms. The van der Waals surface area contributed by atoms with Crippen LogP contribution in [0.2, 0.25) is 5.02 Å². The summed E-state index contributed by atoms with van der Waals surface area (Å²) in [6, 6.07) is 4.50. The van der Waals surface area contributed by atoms with E-state index in [1.807, 2.05) is 0 Å². The fraction of sp³-hybridized carbons (Fsp3) is 0.400. The highest BCUT2D eigenvalue weighted by Crippen LogP contribution is 2.40. The molecule has 30 heavy (non-hydrogen) atoms. The maximum Gasteiger partial charge on any atom is 0.417 e. The highest BCUT2D eigenvalue weighted by atomic mass is 35.5. The van der Waals surface area contributed by atoms with Crippen LogP contribution in [0.4, 0.5) is 22.0 Å². The summed E-state index contributed by atoms with van der Waals surface area (Å²) in [4.78, 5) is 16.4. The molecule has 10 heteroatoms. The molecule has 1 heterocycles. The van der Waals surface area contributed by atoms with Gasteiger partial charge in [0.05, 0.1) is 22.2 Å². The molecule has 2 aromatic rings. The number of aliphatic hydroxyl groups is 1. The van der Waals surface area contributed by atoms with Crippen molar-refractivity contribution in [3.8, 4) is 0 Å². The third-order valence-electron chi connectivity index (χ3n) is 5.19. The van der Waals surface area contributed by atoms with Gasteiger partial charge in [-0.3, -0.25) is 4.79 Å². The van der Waals surface area contributed by atoms with Gasteiger partial charge in [-0.15, -0.1) is 0 Å². The number of benzene rings is 1. The Kier molecular flexibility index (Phi) is 6.33. The molecule has 1 amide bonds. The lowest BCUT2D eigenvalue weighted by atomic mass is 9.76. The van der Waals surface area contributed by atoms with Crippen LogP contribution >= 0.6 is 11.6 Å². The summed E-state index contributed by atoms with van der Waals surface area (Å²) >= 11 is 5.77. The number of carbonyl (C=O) groups is 1. The van der Waals surface area contributed by atoms with Crippen molar-refractivity contribution in [2.24, 2.45) is 0 Å². The Morgan fingerprint density at radius 3 is 2.53 bits per heavy atom. The maximum absolute atomic E-state index is 13.8. The van der Waals surface area contributed by atoms with Gasteiger partial charge in [-0.05, 0) is 49.4 Å². The number of carbonyl (C=O) groups excluding carboxylic acids is 1. The van der Waals surface area contributed by atoms with Crippen molar-refractivity contribution >= 4 is 17.5 Å². The monoisotopic (exact) mass is 448 g/mol. The number of rotatable bonds is 4. The Hall–Kier alpha value is -2.26. The Morgan fingerprint density at radius 2 is 1.93 bits per heavy atom. The summed E-state index contributed by atoms with van der Waals surface area (Å²) in [6.07, 6.45) is -5.12. The molecule has 2 N–H and O–H groups in total. The molecule has 1 saturated carbocycles. The third kappa shape index (κ3) is 4.73. The quantitative estimate of drug-likeness (QED) is 0.646. The summed E-state index contributed by atoms with van der Waals surface area (Å²) in [6.45, 7) is 0. The molecule has 1 unspecified atom stereocenters. The van der Waals surface area contributed by atoms with Crippen LogP contribution in [0.1, 0.15) is 53.3 Å². The second-order valence-corrected chi connectivity index (χ2v) is 7.64. The average molecular weight is 449 g/mol. The second kappa shape index (κ2) is 8.47. The number of hydrogen-bond donors (Lipinski definition) is 2. The van der Waals surface area contributed by atoms with Gasteiger partial charge in [0.1, 0.15) is 17.7 Å². The fourth-order valence-electron chi connectivity index (χ4n) is 3.61. The zero-order chi connectivity index (χ0) is 22.1. The molecule has 0 saturated heterocycles. The van der Waals surface area contributed by atoms with Crippen molar-refractivity contribution in [1.29, 1.82) is 0 Å². The van der Waals surface area contributed by atoms with E-state index in [9.17, 15) is 31.9 Å². The summed E-state index contributed by atoms with van der Waals surface area (Å²) < 4.78 is 66.7. The first-order valence-corrected chi connectivity index (χ1v) is 9.53.